The maximum atomic E-state index is 11.9. The molecule has 1 saturated heterocycles. The number of aliphatic carboxylic acids is 1. The molecule has 0 radical (unpaired) electrons. The highest BCUT2D eigenvalue weighted by Gasteiger charge is 2.40. The first-order valence-electron chi connectivity index (χ1n) is 6.28. The second kappa shape index (κ2) is 5.87. The molecule has 0 aromatic carbocycles. The molecule has 20 heavy (non-hydrogen) atoms. The van der Waals surface area contributed by atoms with E-state index in [1.807, 2.05) is 0 Å². The summed E-state index contributed by atoms with van der Waals surface area (Å²) in [4.78, 5) is 27.1. The minimum atomic E-state index is -1.02. The standard InChI is InChI=1S/C13H16N2O5/c16-9-2-1-5-14-10(9)11(17)15-8-13(12(18)19)3-6-20-7-4-13/h1-2,5,16H,3-4,6-8H2,(H,15,17)(H,18,19). The Hall–Kier alpha value is -2.15. The molecule has 1 aliphatic heterocycles. The Balaban J connectivity index is 2.05. The monoisotopic (exact) mass is 280 g/mol. The molecule has 7 heteroatoms. The van der Waals surface area contributed by atoms with Crippen LogP contribution in [0.5, 0.6) is 5.75 Å². The van der Waals surface area contributed by atoms with Gasteiger partial charge in [0.25, 0.3) is 5.91 Å². The van der Waals surface area contributed by atoms with Crippen molar-refractivity contribution >= 4 is 11.9 Å². The van der Waals surface area contributed by atoms with Gasteiger partial charge in [0.2, 0.25) is 0 Å². The van der Waals surface area contributed by atoms with E-state index < -0.39 is 17.3 Å². The van der Waals surface area contributed by atoms with Gasteiger partial charge in [0.1, 0.15) is 5.75 Å². The number of aromatic nitrogens is 1. The molecule has 0 spiro atoms. The lowest BCUT2D eigenvalue weighted by molar-refractivity contribution is -0.154. The van der Waals surface area contributed by atoms with Crippen LogP contribution in [-0.4, -0.2) is 46.8 Å². The number of aromatic hydroxyl groups is 1. The zero-order valence-corrected chi connectivity index (χ0v) is 10.8. The van der Waals surface area contributed by atoms with Crippen molar-refractivity contribution in [1.29, 1.82) is 0 Å². The Morgan fingerprint density at radius 2 is 2.10 bits per heavy atom. The Morgan fingerprint density at radius 3 is 2.70 bits per heavy atom. The average molecular weight is 280 g/mol. The number of hydrogen-bond acceptors (Lipinski definition) is 5. The number of carboxylic acid groups (broad SMARTS) is 1. The number of ether oxygens (including phenoxy) is 1. The topological polar surface area (TPSA) is 109 Å². The Kier molecular flexibility index (Phi) is 4.19. The molecule has 108 valence electrons. The molecule has 3 N–H and O–H groups in total. The number of carbonyl (C=O) groups excluding carboxylic acids is 1. The highest BCUT2D eigenvalue weighted by molar-refractivity contribution is 5.95. The average Bonchev–Trinajstić information content (AvgIpc) is 2.46. The lowest BCUT2D eigenvalue weighted by Gasteiger charge is -2.33. The Bertz CT molecular complexity index is 511. The number of carbonyl (C=O) groups is 2. The van der Waals surface area contributed by atoms with Crippen molar-refractivity contribution < 1.29 is 24.5 Å². The third kappa shape index (κ3) is 2.88. The third-order valence-corrected chi connectivity index (χ3v) is 3.49. The summed E-state index contributed by atoms with van der Waals surface area (Å²) in [5.41, 5.74) is -1.13. The number of rotatable bonds is 4. The minimum absolute atomic E-state index is 0.0134. The fourth-order valence-corrected chi connectivity index (χ4v) is 2.13. The summed E-state index contributed by atoms with van der Waals surface area (Å²) in [5.74, 6) is -1.78. The van der Waals surface area contributed by atoms with E-state index in [-0.39, 0.29) is 18.0 Å². The van der Waals surface area contributed by atoms with Gasteiger partial charge in [0.05, 0.1) is 5.41 Å². The second-order valence-corrected chi connectivity index (χ2v) is 4.75. The van der Waals surface area contributed by atoms with Crippen molar-refractivity contribution in [1.82, 2.24) is 10.3 Å². The number of carboxylic acids is 1. The number of nitrogens with zero attached hydrogens (tertiary/aromatic N) is 1. The zero-order chi connectivity index (χ0) is 14.6. The Labute approximate surface area is 115 Å². The molecule has 1 aromatic heterocycles. The molecular formula is C13H16N2O5. The van der Waals surface area contributed by atoms with Crippen molar-refractivity contribution in [2.75, 3.05) is 19.8 Å². The first kappa shape index (κ1) is 14.3. The molecule has 1 fully saturated rings. The normalized spacial score (nSPS) is 17.4. The van der Waals surface area contributed by atoms with Crippen LogP contribution in [0.2, 0.25) is 0 Å². The molecule has 0 saturated carbocycles. The van der Waals surface area contributed by atoms with Gasteiger partial charge in [0.15, 0.2) is 5.69 Å². The number of amides is 1. The molecular weight excluding hydrogens is 264 g/mol. The first-order chi connectivity index (χ1) is 9.55. The molecule has 1 aliphatic rings. The number of nitrogens with one attached hydrogen (secondary N) is 1. The van der Waals surface area contributed by atoms with E-state index >= 15 is 0 Å². The summed E-state index contributed by atoms with van der Waals surface area (Å²) in [5, 5.41) is 21.4. The summed E-state index contributed by atoms with van der Waals surface area (Å²) in [6.45, 7) is 0.703. The third-order valence-electron chi connectivity index (χ3n) is 3.49. The van der Waals surface area contributed by atoms with Crippen LogP contribution in [0.4, 0.5) is 0 Å². The molecule has 1 amide bonds. The zero-order valence-electron chi connectivity index (χ0n) is 10.8. The van der Waals surface area contributed by atoms with E-state index in [9.17, 15) is 19.8 Å². The van der Waals surface area contributed by atoms with E-state index in [2.05, 4.69) is 10.3 Å². The first-order valence-corrected chi connectivity index (χ1v) is 6.28. The van der Waals surface area contributed by atoms with Gasteiger partial charge in [-0.1, -0.05) is 0 Å². The highest BCUT2D eigenvalue weighted by Crippen LogP contribution is 2.30. The lowest BCUT2D eigenvalue weighted by Crippen LogP contribution is -2.46. The minimum Gasteiger partial charge on any atom is -0.505 e. The molecule has 1 aromatic rings. The highest BCUT2D eigenvalue weighted by atomic mass is 16.5. The van der Waals surface area contributed by atoms with Crippen molar-refractivity contribution in [3.8, 4) is 5.75 Å². The Morgan fingerprint density at radius 1 is 1.40 bits per heavy atom. The van der Waals surface area contributed by atoms with E-state index in [4.69, 9.17) is 4.74 Å². The largest absolute Gasteiger partial charge is 0.505 e. The quantitative estimate of drug-likeness (QED) is 0.736. The van der Waals surface area contributed by atoms with Crippen LogP contribution in [-0.2, 0) is 9.53 Å². The van der Waals surface area contributed by atoms with Gasteiger partial charge in [-0.3, -0.25) is 9.59 Å². The predicted octanol–water partition coefficient (Wildman–Crippen LogP) is 0.398. The van der Waals surface area contributed by atoms with Crippen LogP contribution in [0.1, 0.15) is 23.3 Å². The van der Waals surface area contributed by atoms with Crippen LogP contribution in [0.15, 0.2) is 18.3 Å². The molecule has 2 rings (SSSR count). The fraction of sp³-hybridized carbons (Fsp3) is 0.462. The number of pyridine rings is 1. The fourth-order valence-electron chi connectivity index (χ4n) is 2.13. The summed E-state index contributed by atoms with van der Waals surface area (Å²) in [6.07, 6.45) is 2.07. The lowest BCUT2D eigenvalue weighted by atomic mass is 9.80. The van der Waals surface area contributed by atoms with Crippen molar-refractivity contribution in [3.05, 3.63) is 24.0 Å². The molecule has 0 aliphatic carbocycles. The van der Waals surface area contributed by atoms with E-state index in [1.54, 1.807) is 0 Å². The van der Waals surface area contributed by atoms with Crippen molar-refractivity contribution in [2.45, 2.75) is 12.8 Å². The van der Waals surface area contributed by atoms with E-state index in [1.165, 1.54) is 18.3 Å². The van der Waals surface area contributed by atoms with Gasteiger partial charge in [-0.15, -0.1) is 0 Å². The SMILES string of the molecule is O=C(NCC1(C(=O)O)CCOCC1)c1ncccc1O. The van der Waals surface area contributed by atoms with Crippen LogP contribution in [0.3, 0.4) is 0 Å². The van der Waals surface area contributed by atoms with Crippen molar-refractivity contribution in [3.63, 3.8) is 0 Å². The summed E-state index contributed by atoms with van der Waals surface area (Å²) in [6, 6.07) is 2.85. The number of hydrogen-bond donors (Lipinski definition) is 3. The second-order valence-electron chi connectivity index (χ2n) is 4.75. The maximum Gasteiger partial charge on any atom is 0.311 e. The molecule has 0 bridgehead atoms. The maximum absolute atomic E-state index is 11.9. The van der Waals surface area contributed by atoms with E-state index in [0.717, 1.165) is 0 Å². The van der Waals surface area contributed by atoms with Crippen LogP contribution in [0, 0.1) is 5.41 Å². The van der Waals surface area contributed by atoms with Gasteiger partial charge < -0.3 is 20.3 Å². The smallest absolute Gasteiger partial charge is 0.311 e. The van der Waals surface area contributed by atoms with Gasteiger partial charge in [0, 0.05) is 26.0 Å². The summed E-state index contributed by atoms with van der Waals surface area (Å²) >= 11 is 0. The van der Waals surface area contributed by atoms with Gasteiger partial charge in [-0.25, -0.2) is 4.98 Å². The van der Waals surface area contributed by atoms with Crippen molar-refractivity contribution in [2.24, 2.45) is 5.41 Å². The molecule has 7 nitrogen and oxygen atoms in total. The molecule has 0 atom stereocenters. The van der Waals surface area contributed by atoms with Crippen LogP contribution >= 0.6 is 0 Å². The molecule has 2 heterocycles. The van der Waals surface area contributed by atoms with Crippen LogP contribution in [0.25, 0.3) is 0 Å². The molecule has 0 unspecified atom stereocenters. The van der Waals surface area contributed by atoms with Gasteiger partial charge in [-0.05, 0) is 25.0 Å². The van der Waals surface area contributed by atoms with Gasteiger partial charge in [-0.2, -0.15) is 0 Å². The summed E-state index contributed by atoms with van der Waals surface area (Å²) < 4.78 is 5.16. The van der Waals surface area contributed by atoms with E-state index in [0.29, 0.717) is 26.1 Å². The van der Waals surface area contributed by atoms with Crippen LogP contribution < -0.4 is 5.32 Å². The van der Waals surface area contributed by atoms with Gasteiger partial charge >= 0.3 is 5.97 Å². The predicted molar refractivity (Wildman–Crippen MR) is 68.4 cm³/mol. The summed E-state index contributed by atoms with van der Waals surface area (Å²) in [7, 11) is 0.